The maximum atomic E-state index is 13.0. The van der Waals surface area contributed by atoms with E-state index in [0.29, 0.717) is 31.5 Å². The Kier molecular flexibility index (Phi) is 7.23. The summed E-state index contributed by atoms with van der Waals surface area (Å²) in [5.74, 6) is -0.642. The molecule has 1 N–H and O–H groups in total. The van der Waals surface area contributed by atoms with Gasteiger partial charge in [0.25, 0.3) is 0 Å². The standard InChI is InChI=1S/C23H27FN2O4S/c1-16-3-4-17(2)21(15-16)22(27)9-10-23(28)26-13-11-19(12-14-26)25-31(29,30)20-7-5-18(24)6-8-20/h3-8,15,19,25H,9-14H2,1-2H3. The molecule has 1 saturated heterocycles. The summed E-state index contributed by atoms with van der Waals surface area (Å²) < 4.78 is 40.5. The van der Waals surface area contributed by atoms with Crippen molar-refractivity contribution in [1.29, 1.82) is 0 Å². The van der Waals surface area contributed by atoms with Gasteiger partial charge in [0.1, 0.15) is 5.82 Å². The summed E-state index contributed by atoms with van der Waals surface area (Å²) >= 11 is 0. The quantitative estimate of drug-likeness (QED) is 0.661. The lowest BCUT2D eigenvalue weighted by Gasteiger charge is -2.32. The SMILES string of the molecule is Cc1ccc(C)c(C(=O)CCC(=O)N2CCC(NS(=O)(=O)c3ccc(F)cc3)CC2)c1. The van der Waals surface area contributed by atoms with E-state index in [1.165, 1.54) is 12.1 Å². The Labute approximate surface area is 182 Å². The van der Waals surface area contributed by atoms with E-state index in [-0.39, 0.29) is 35.5 Å². The van der Waals surface area contributed by atoms with Gasteiger partial charge in [-0.05, 0) is 62.6 Å². The van der Waals surface area contributed by atoms with Crippen LogP contribution in [0.5, 0.6) is 0 Å². The number of benzene rings is 2. The molecule has 8 heteroatoms. The number of likely N-dealkylation sites (tertiary alicyclic amines) is 1. The molecule has 6 nitrogen and oxygen atoms in total. The highest BCUT2D eigenvalue weighted by molar-refractivity contribution is 7.89. The highest BCUT2D eigenvalue weighted by Gasteiger charge is 2.27. The number of aryl methyl sites for hydroxylation is 2. The number of nitrogens with zero attached hydrogens (tertiary/aromatic N) is 1. The lowest BCUT2D eigenvalue weighted by Crippen LogP contribution is -2.46. The first-order chi connectivity index (χ1) is 14.7. The minimum absolute atomic E-state index is 0.0114. The summed E-state index contributed by atoms with van der Waals surface area (Å²) in [6.07, 6.45) is 1.26. The van der Waals surface area contributed by atoms with E-state index >= 15 is 0 Å². The maximum absolute atomic E-state index is 13.0. The molecule has 31 heavy (non-hydrogen) atoms. The summed E-state index contributed by atoms with van der Waals surface area (Å²) in [5, 5.41) is 0. The third-order valence-corrected chi connectivity index (χ3v) is 7.09. The Morgan fingerprint density at radius 2 is 1.68 bits per heavy atom. The van der Waals surface area contributed by atoms with Crippen molar-refractivity contribution >= 4 is 21.7 Å². The second-order valence-electron chi connectivity index (χ2n) is 7.97. The summed E-state index contributed by atoms with van der Waals surface area (Å²) in [5.41, 5.74) is 2.56. The van der Waals surface area contributed by atoms with Crippen LogP contribution >= 0.6 is 0 Å². The lowest BCUT2D eigenvalue weighted by atomic mass is 9.99. The van der Waals surface area contributed by atoms with Gasteiger partial charge in [0, 0.05) is 37.5 Å². The Hall–Kier alpha value is -2.58. The van der Waals surface area contributed by atoms with Crippen molar-refractivity contribution < 1.29 is 22.4 Å². The van der Waals surface area contributed by atoms with E-state index in [2.05, 4.69) is 4.72 Å². The average molecular weight is 447 g/mol. The lowest BCUT2D eigenvalue weighted by molar-refractivity contribution is -0.132. The van der Waals surface area contributed by atoms with Crippen molar-refractivity contribution in [2.75, 3.05) is 13.1 Å². The molecule has 0 bridgehead atoms. The van der Waals surface area contributed by atoms with E-state index < -0.39 is 15.8 Å². The number of halogens is 1. The molecule has 0 radical (unpaired) electrons. The molecular formula is C23H27FN2O4S. The second kappa shape index (κ2) is 9.70. The van der Waals surface area contributed by atoms with Crippen molar-refractivity contribution in [1.82, 2.24) is 9.62 Å². The summed E-state index contributed by atoms with van der Waals surface area (Å²) in [6, 6.07) is 10.1. The molecule has 2 aromatic rings. The van der Waals surface area contributed by atoms with Crippen molar-refractivity contribution in [2.45, 2.75) is 50.5 Å². The number of rotatable bonds is 7. The van der Waals surface area contributed by atoms with Gasteiger partial charge < -0.3 is 4.90 Å². The number of Topliss-reactive ketones (excluding diaryl/α,β-unsaturated/α-hetero) is 1. The average Bonchev–Trinajstić information content (AvgIpc) is 2.74. The summed E-state index contributed by atoms with van der Waals surface area (Å²) in [4.78, 5) is 26.7. The van der Waals surface area contributed by atoms with E-state index in [4.69, 9.17) is 0 Å². The third kappa shape index (κ3) is 5.98. The van der Waals surface area contributed by atoms with E-state index in [0.717, 1.165) is 23.3 Å². The number of hydrogen-bond acceptors (Lipinski definition) is 4. The number of nitrogens with one attached hydrogen (secondary N) is 1. The fourth-order valence-electron chi connectivity index (χ4n) is 3.70. The van der Waals surface area contributed by atoms with Gasteiger partial charge >= 0.3 is 0 Å². The van der Waals surface area contributed by atoms with Crippen LogP contribution in [0.3, 0.4) is 0 Å². The third-order valence-electron chi connectivity index (χ3n) is 5.55. The smallest absolute Gasteiger partial charge is 0.240 e. The molecule has 2 aromatic carbocycles. The van der Waals surface area contributed by atoms with Gasteiger partial charge in [-0.2, -0.15) is 0 Å². The molecule has 1 amide bonds. The summed E-state index contributed by atoms with van der Waals surface area (Å²) in [7, 11) is -3.74. The van der Waals surface area contributed by atoms with Crippen LogP contribution in [0.4, 0.5) is 4.39 Å². The van der Waals surface area contributed by atoms with Gasteiger partial charge in [-0.15, -0.1) is 0 Å². The number of carbonyl (C=O) groups excluding carboxylic acids is 2. The van der Waals surface area contributed by atoms with Crippen molar-refractivity contribution in [3.8, 4) is 0 Å². The zero-order chi connectivity index (χ0) is 22.6. The highest BCUT2D eigenvalue weighted by Crippen LogP contribution is 2.18. The normalized spacial score (nSPS) is 15.1. The summed E-state index contributed by atoms with van der Waals surface area (Å²) in [6.45, 7) is 4.66. The fraction of sp³-hybridized carbons (Fsp3) is 0.391. The predicted molar refractivity (Wildman–Crippen MR) is 116 cm³/mol. The van der Waals surface area contributed by atoms with Crippen LogP contribution in [-0.4, -0.2) is 44.1 Å². The molecule has 0 spiro atoms. The van der Waals surface area contributed by atoms with Crippen LogP contribution in [0.1, 0.15) is 47.2 Å². The zero-order valence-corrected chi connectivity index (χ0v) is 18.5. The number of piperidine rings is 1. The fourth-order valence-corrected chi connectivity index (χ4v) is 5.00. The minimum atomic E-state index is -3.74. The number of sulfonamides is 1. The first kappa shape index (κ1) is 23.1. The molecule has 0 aliphatic carbocycles. The first-order valence-corrected chi connectivity index (χ1v) is 11.8. The number of carbonyl (C=O) groups is 2. The molecule has 166 valence electrons. The van der Waals surface area contributed by atoms with Crippen LogP contribution in [0.15, 0.2) is 47.4 Å². The van der Waals surface area contributed by atoms with Gasteiger partial charge in [-0.3, -0.25) is 9.59 Å². The Balaban J connectivity index is 1.49. The molecule has 0 unspecified atom stereocenters. The molecule has 0 aromatic heterocycles. The van der Waals surface area contributed by atoms with Crippen molar-refractivity contribution in [3.63, 3.8) is 0 Å². The monoisotopic (exact) mass is 446 g/mol. The van der Waals surface area contributed by atoms with Crippen molar-refractivity contribution in [3.05, 3.63) is 65.0 Å². The Bertz CT molecular complexity index is 1060. The molecule has 3 rings (SSSR count). The highest BCUT2D eigenvalue weighted by atomic mass is 32.2. The number of amides is 1. The molecule has 1 aliphatic rings. The van der Waals surface area contributed by atoms with Crippen molar-refractivity contribution in [2.24, 2.45) is 0 Å². The van der Waals surface area contributed by atoms with Crippen LogP contribution in [0.25, 0.3) is 0 Å². The Morgan fingerprint density at radius 1 is 1.03 bits per heavy atom. The largest absolute Gasteiger partial charge is 0.343 e. The van der Waals surface area contributed by atoms with Gasteiger partial charge in [0.05, 0.1) is 4.90 Å². The maximum Gasteiger partial charge on any atom is 0.240 e. The van der Waals surface area contributed by atoms with E-state index in [9.17, 15) is 22.4 Å². The van der Waals surface area contributed by atoms with Gasteiger partial charge in [0.15, 0.2) is 5.78 Å². The molecule has 1 heterocycles. The van der Waals surface area contributed by atoms with Crippen LogP contribution in [0, 0.1) is 19.7 Å². The Morgan fingerprint density at radius 3 is 2.32 bits per heavy atom. The first-order valence-electron chi connectivity index (χ1n) is 10.3. The van der Waals surface area contributed by atoms with E-state index in [1.54, 1.807) is 4.90 Å². The predicted octanol–water partition coefficient (Wildman–Crippen LogP) is 3.37. The minimum Gasteiger partial charge on any atom is -0.343 e. The molecule has 0 atom stereocenters. The molecule has 0 saturated carbocycles. The molecule has 1 fully saturated rings. The van der Waals surface area contributed by atoms with Crippen LogP contribution in [0.2, 0.25) is 0 Å². The van der Waals surface area contributed by atoms with Gasteiger partial charge in [-0.1, -0.05) is 17.7 Å². The number of hydrogen-bond donors (Lipinski definition) is 1. The molecule has 1 aliphatic heterocycles. The zero-order valence-electron chi connectivity index (χ0n) is 17.7. The van der Waals surface area contributed by atoms with Gasteiger partial charge in [0.2, 0.25) is 15.9 Å². The second-order valence-corrected chi connectivity index (χ2v) is 9.69. The topological polar surface area (TPSA) is 83.6 Å². The van der Waals surface area contributed by atoms with Gasteiger partial charge in [-0.25, -0.2) is 17.5 Å². The van der Waals surface area contributed by atoms with Crippen LogP contribution < -0.4 is 4.72 Å². The number of ketones is 1. The van der Waals surface area contributed by atoms with Crippen LogP contribution in [-0.2, 0) is 14.8 Å². The van der Waals surface area contributed by atoms with E-state index in [1.807, 2.05) is 32.0 Å². The molecular weight excluding hydrogens is 419 g/mol.